The third kappa shape index (κ3) is 3.42. The SMILES string of the molecule is CS(=O)(=O)c1ccc(Cc2cc(C(N)=O)ccn2)cc1. The van der Waals surface area contributed by atoms with E-state index < -0.39 is 15.7 Å². The molecule has 5 nitrogen and oxygen atoms in total. The molecule has 2 aromatic rings. The van der Waals surface area contributed by atoms with Crippen molar-refractivity contribution in [2.45, 2.75) is 11.3 Å². The van der Waals surface area contributed by atoms with Gasteiger partial charge in [-0.2, -0.15) is 0 Å². The van der Waals surface area contributed by atoms with Crippen LogP contribution in [0.4, 0.5) is 0 Å². The number of aromatic nitrogens is 1. The number of amides is 1. The molecule has 0 aliphatic heterocycles. The second-order valence-electron chi connectivity index (χ2n) is 4.49. The van der Waals surface area contributed by atoms with Gasteiger partial charge in [0.1, 0.15) is 0 Å². The summed E-state index contributed by atoms with van der Waals surface area (Å²) in [5.74, 6) is -0.499. The molecule has 0 radical (unpaired) electrons. The van der Waals surface area contributed by atoms with E-state index in [1.165, 1.54) is 12.5 Å². The number of sulfone groups is 1. The monoisotopic (exact) mass is 290 g/mol. The number of nitrogens with zero attached hydrogens (tertiary/aromatic N) is 1. The largest absolute Gasteiger partial charge is 0.366 e. The molecule has 0 saturated carbocycles. The van der Waals surface area contributed by atoms with Gasteiger partial charge in [0.05, 0.1) is 4.90 Å². The van der Waals surface area contributed by atoms with Crippen LogP contribution in [0, 0.1) is 0 Å². The number of rotatable bonds is 4. The van der Waals surface area contributed by atoms with E-state index in [1.54, 1.807) is 36.4 Å². The van der Waals surface area contributed by atoms with E-state index in [0.29, 0.717) is 17.7 Å². The number of hydrogen-bond acceptors (Lipinski definition) is 4. The van der Waals surface area contributed by atoms with Gasteiger partial charge in [-0.15, -0.1) is 0 Å². The number of carbonyl (C=O) groups is 1. The van der Waals surface area contributed by atoms with Crippen molar-refractivity contribution < 1.29 is 13.2 Å². The topological polar surface area (TPSA) is 90.1 Å². The Morgan fingerprint density at radius 2 is 1.85 bits per heavy atom. The number of benzene rings is 1. The van der Waals surface area contributed by atoms with Gasteiger partial charge in [0.15, 0.2) is 9.84 Å². The lowest BCUT2D eigenvalue weighted by atomic mass is 10.1. The Morgan fingerprint density at radius 1 is 1.20 bits per heavy atom. The van der Waals surface area contributed by atoms with E-state index in [-0.39, 0.29) is 4.90 Å². The zero-order valence-corrected chi connectivity index (χ0v) is 11.7. The van der Waals surface area contributed by atoms with Crippen LogP contribution < -0.4 is 5.73 Å². The van der Waals surface area contributed by atoms with E-state index >= 15 is 0 Å². The minimum Gasteiger partial charge on any atom is -0.366 e. The first-order valence-corrected chi connectivity index (χ1v) is 7.79. The zero-order valence-electron chi connectivity index (χ0n) is 10.9. The van der Waals surface area contributed by atoms with Crippen molar-refractivity contribution in [3.63, 3.8) is 0 Å². The van der Waals surface area contributed by atoms with E-state index in [9.17, 15) is 13.2 Å². The molecular weight excluding hydrogens is 276 g/mol. The average molecular weight is 290 g/mol. The number of pyridine rings is 1. The fourth-order valence-corrected chi connectivity index (χ4v) is 2.42. The van der Waals surface area contributed by atoms with Gasteiger partial charge in [0.2, 0.25) is 5.91 Å². The minimum absolute atomic E-state index is 0.278. The van der Waals surface area contributed by atoms with E-state index in [0.717, 1.165) is 5.56 Å². The molecule has 0 aliphatic carbocycles. The molecule has 20 heavy (non-hydrogen) atoms. The summed E-state index contributed by atoms with van der Waals surface area (Å²) >= 11 is 0. The van der Waals surface area contributed by atoms with Gasteiger partial charge in [-0.3, -0.25) is 9.78 Å². The Hall–Kier alpha value is -2.21. The lowest BCUT2D eigenvalue weighted by Gasteiger charge is -2.04. The maximum Gasteiger partial charge on any atom is 0.248 e. The van der Waals surface area contributed by atoms with E-state index in [2.05, 4.69) is 4.98 Å². The molecule has 0 fully saturated rings. The van der Waals surface area contributed by atoms with Gasteiger partial charge in [0.25, 0.3) is 0 Å². The first kappa shape index (κ1) is 14.2. The van der Waals surface area contributed by atoms with Gasteiger partial charge in [-0.05, 0) is 29.8 Å². The highest BCUT2D eigenvalue weighted by Crippen LogP contribution is 2.13. The molecule has 0 spiro atoms. The Balaban J connectivity index is 2.22. The summed E-state index contributed by atoms with van der Waals surface area (Å²) in [6, 6.07) is 9.76. The molecular formula is C14H14N2O3S. The maximum absolute atomic E-state index is 11.4. The lowest BCUT2D eigenvalue weighted by molar-refractivity contribution is 0.1000. The van der Waals surface area contributed by atoms with Crippen LogP contribution in [0.3, 0.4) is 0 Å². The van der Waals surface area contributed by atoms with Crippen LogP contribution in [0.5, 0.6) is 0 Å². The molecule has 1 aromatic carbocycles. The summed E-state index contributed by atoms with van der Waals surface area (Å²) in [7, 11) is -3.19. The van der Waals surface area contributed by atoms with Crippen LogP contribution in [0.15, 0.2) is 47.5 Å². The molecule has 2 rings (SSSR count). The van der Waals surface area contributed by atoms with Gasteiger partial charge >= 0.3 is 0 Å². The summed E-state index contributed by atoms with van der Waals surface area (Å²) in [4.78, 5) is 15.5. The number of primary amides is 1. The fourth-order valence-electron chi connectivity index (χ4n) is 1.79. The molecule has 0 aliphatic rings. The predicted octanol–water partition coefficient (Wildman–Crippen LogP) is 1.17. The highest BCUT2D eigenvalue weighted by Gasteiger charge is 2.07. The maximum atomic E-state index is 11.4. The summed E-state index contributed by atoms with van der Waals surface area (Å²) in [5, 5.41) is 0. The second-order valence-corrected chi connectivity index (χ2v) is 6.51. The molecule has 104 valence electrons. The van der Waals surface area contributed by atoms with Crippen molar-refractivity contribution in [1.82, 2.24) is 4.98 Å². The molecule has 2 N–H and O–H groups in total. The van der Waals surface area contributed by atoms with Gasteiger partial charge in [-0.1, -0.05) is 12.1 Å². The van der Waals surface area contributed by atoms with Gasteiger partial charge in [0, 0.05) is 30.1 Å². The Morgan fingerprint density at radius 3 is 2.40 bits per heavy atom. The standard InChI is InChI=1S/C14H14N2O3S/c1-20(18,19)13-4-2-10(3-5-13)8-12-9-11(14(15)17)6-7-16-12/h2-7,9H,8H2,1H3,(H2,15,17). The molecule has 6 heteroatoms. The summed E-state index contributed by atoms with van der Waals surface area (Å²) in [5.41, 5.74) is 7.23. The normalized spacial score (nSPS) is 11.2. The van der Waals surface area contributed by atoms with E-state index in [4.69, 9.17) is 5.73 Å². The molecule has 0 unspecified atom stereocenters. The quantitative estimate of drug-likeness (QED) is 0.915. The number of carbonyl (C=O) groups excluding carboxylic acids is 1. The first-order valence-electron chi connectivity index (χ1n) is 5.90. The zero-order chi connectivity index (χ0) is 14.8. The molecule has 0 bridgehead atoms. The van der Waals surface area contributed by atoms with Gasteiger partial charge in [-0.25, -0.2) is 8.42 Å². The minimum atomic E-state index is -3.19. The fraction of sp³-hybridized carbons (Fsp3) is 0.143. The third-order valence-electron chi connectivity index (χ3n) is 2.84. The van der Waals surface area contributed by atoms with Crippen molar-refractivity contribution in [2.75, 3.05) is 6.26 Å². The lowest BCUT2D eigenvalue weighted by Crippen LogP contribution is -2.11. The highest BCUT2D eigenvalue weighted by atomic mass is 32.2. The van der Waals surface area contributed by atoms with Crippen LogP contribution in [-0.2, 0) is 16.3 Å². The van der Waals surface area contributed by atoms with Crippen molar-refractivity contribution in [2.24, 2.45) is 5.73 Å². The molecule has 1 heterocycles. The molecule has 1 amide bonds. The third-order valence-corrected chi connectivity index (χ3v) is 3.97. The van der Waals surface area contributed by atoms with Crippen LogP contribution in [-0.4, -0.2) is 25.6 Å². The summed E-state index contributed by atoms with van der Waals surface area (Å²) < 4.78 is 22.7. The Bertz CT molecular complexity index is 737. The predicted molar refractivity (Wildman–Crippen MR) is 75.1 cm³/mol. The second kappa shape index (κ2) is 5.42. The van der Waals surface area contributed by atoms with Crippen LogP contribution >= 0.6 is 0 Å². The van der Waals surface area contributed by atoms with Crippen molar-refractivity contribution >= 4 is 15.7 Å². The van der Waals surface area contributed by atoms with Crippen molar-refractivity contribution in [3.8, 4) is 0 Å². The van der Waals surface area contributed by atoms with E-state index in [1.807, 2.05) is 0 Å². The van der Waals surface area contributed by atoms with Crippen LogP contribution in [0.25, 0.3) is 0 Å². The molecule has 0 saturated heterocycles. The van der Waals surface area contributed by atoms with Crippen LogP contribution in [0.1, 0.15) is 21.6 Å². The summed E-state index contributed by atoms with van der Waals surface area (Å²) in [6.07, 6.45) is 3.20. The number of nitrogens with two attached hydrogens (primary N) is 1. The molecule has 1 aromatic heterocycles. The smallest absolute Gasteiger partial charge is 0.248 e. The van der Waals surface area contributed by atoms with Gasteiger partial charge < -0.3 is 5.73 Å². The van der Waals surface area contributed by atoms with Crippen LogP contribution in [0.2, 0.25) is 0 Å². The number of hydrogen-bond donors (Lipinski definition) is 1. The highest BCUT2D eigenvalue weighted by molar-refractivity contribution is 7.90. The Kier molecular flexibility index (Phi) is 3.85. The average Bonchev–Trinajstić information content (AvgIpc) is 2.38. The Labute approximate surface area is 117 Å². The summed E-state index contributed by atoms with van der Waals surface area (Å²) in [6.45, 7) is 0. The van der Waals surface area contributed by atoms with Crippen molar-refractivity contribution in [1.29, 1.82) is 0 Å². The molecule has 0 atom stereocenters. The van der Waals surface area contributed by atoms with Crippen molar-refractivity contribution in [3.05, 3.63) is 59.4 Å². The first-order chi connectivity index (χ1) is 9.36.